The Kier molecular flexibility index (Phi) is 2.99. The first-order valence-corrected chi connectivity index (χ1v) is 9.01. The van der Waals surface area contributed by atoms with Crippen molar-refractivity contribution in [1.82, 2.24) is 0 Å². The Morgan fingerprint density at radius 3 is 2.71 bits per heavy atom. The largest absolute Gasteiger partial charge is 0.389 e. The predicted octanol–water partition coefficient (Wildman–Crippen LogP) is 4.87. The van der Waals surface area contributed by atoms with E-state index in [2.05, 4.69) is 32.9 Å². The maximum Gasteiger partial charge on any atom is 0.0724 e. The molecule has 1 nitrogen and oxygen atoms in total. The highest BCUT2D eigenvalue weighted by atomic mass is 16.3. The highest BCUT2D eigenvalue weighted by Crippen LogP contribution is 2.62. The molecule has 0 aromatic rings. The molecule has 4 aliphatic rings. The van der Waals surface area contributed by atoms with E-state index in [9.17, 15) is 5.11 Å². The van der Waals surface area contributed by atoms with Crippen molar-refractivity contribution in [3.8, 4) is 0 Å². The molecule has 4 rings (SSSR count). The number of rotatable bonds is 0. The van der Waals surface area contributed by atoms with Gasteiger partial charge in [0.2, 0.25) is 0 Å². The molecule has 116 valence electrons. The third-order valence-corrected chi connectivity index (χ3v) is 7.57. The zero-order chi connectivity index (χ0) is 14.8. The Morgan fingerprint density at radius 2 is 1.90 bits per heavy atom. The van der Waals surface area contributed by atoms with Crippen LogP contribution in [0.5, 0.6) is 0 Å². The third-order valence-electron chi connectivity index (χ3n) is 7.57. The van der Waals surface area contributed by atoms with Crippen LogP contribution in [0.4, 0.5) is 0 Å². The van der Waals surface area contributed by atoms with Gasteiger partial charge < -0.3 is 5.11 Å². The van der Waals surface area contributed by atoms with Gasteiger partial charge in [0.25, 0.3) is 0 Å². The first-order chi connectivity index (χ1) is 9.92. The third kappa shape index (κ3) is 1.92. The Morgan fingerprint density at radius 1 is 1.10 bits per heavy atom. The molecular formula is C20H30O. The number of allylic oxidation sites excluding steroid dienone is 3. The predicted molar refractivity (Wildman–Crippen MR) is 86.8 cm³/mol. The number of hydrogen-bond acceptors (Lipinski definition) is 1. The van der Waals surface area contributed by atoms with Crippen LogP contribution in [0.2, 0.25) is 0 Å². The second kappa shape index (κ2) is 4.47. The van der Waals surface area contributed by atoms with E-state index in [1.165, 1.54) is 38.5 Å². The molecule has 0 aromatic heterocycles. The molecule has 5 atom stereocenters. The lowest BCUT2D eigenvalue weighted by Gasteiger charge is -2.54. The molecule has 1 saturated carbocycles. The van der Waals surface area contributed by atoms with Crippen LogP contribution in [0.1, 0.15) is 65.7 Å². The van der Waals surface area contributed by atoms with Crippen LogP contribution in [0.3, 0.4) is 0 Å². The van der Waals surface area contributed by atoms with E-state index >= 15 is 0 Å². The summed E-state index contributed by atoms with van der Waals surface area (Å²) in [6, 6.07) is 0. The number of aliphatic hydroxyl groups excluding tert-OH is 1. The van der Waals surface area contributed by atoms with E-state index < -0.39 is 0 Å². The van der Waals surface area contributed by atoms with Crippen molar-refractivity contribution in [3.05, 3.63) is 23.3 Å². The molecule has 1 fully saturated rings. The van der Waals surface area contributed by atoms with E-state index in [1.54, 1.807) is 0 Å². The summed E-state index contributed by atoms with van der Waals surface area (Å²) >= 11 is 0. The maximum atomic E-state index is 9.98. The van der Waals surface area contributed by atoms with Gasteiger partial charge in [-0.15, -0.1) is 0 Å². The van der Waals surface area contributed by atoms with E-state index in [4.69, 9.17) is 0 Å². The quantitative estimate of drug-likeness (QED) is 0.630. The Labute approximate surface area is 129 Å². The fourth-order valence-corrected chi connectivity index (χ4v) is 6.27. The highest BCUT2D eigenvalue weighted by Gasteiger charge is 2.52. The van der Waals surface area contributed by atoms with E-state index in [-0.39, 0.29) is 6.10 Å². The topological polar surface area (TPSA) is 20.2 Å². The standard InChI is InChI=1S/C20H30O/c1-19(2)10-9-16-15-5-4-13-12-14(21)8-11-20(13,3)18(15)7-6-17(16)19/h8,11,13-15,18,21H,4-7,9-10,12H2,1-3H3/t13-,14-,15+,18+,20+/m1/s1. The molecule has 0 unspecified atom stereocenters. The van der Waals surface area contributed by atoms with Crippen LogP contribution in [-0.4, -0.2) is 11.2 Å². The second-order valence-electron chi connectivity index (χ2n) is 8.94. The zero-order valence-electron chi connectivity index (χ0n) is 13.9. The van der Waals surface area contributed by atoms with Gasteiger partial charge >= 0.3 is 0 Å². The van der Waals surface area contributed by atoms with Gasteiger partial charge in [0, 0.05) is 0 Å². The fraction of sp³-hybridized carbons (Fsp3) is 0.800. The number of fused-ring (bicyclic) bond motifs is 4. The Hall–Kier alpha value is -0.560. The number of hydrogen-bond donors (Lipinski definition) is 1. The first-order valence-electron chi connectivity index (χ1n) is 9.01. The van der Waals surface area contributed by atoms with Crippen molar-refractivity contribution in [1.29, 1.82) is 0 Å². The molecule has 21 heavy (non-hydrogen) atoms. The van der Waals surface area contributed by atoms with Gasteiger partial charge in [-0.3, -0.25) is 0 Å². The SMILES string of the molecule is CC1(C)CCC2=C1CC[C@H]1[C@H]2CC[C@@H]2C[C@H](O)C=C[C@@]21C. The minimum absolute atomic E-state index is 0.191. The van der Waals surface area contributed by atoms with Crippen molar-refractivity contribution >= 4 is 0 Å². The van der Waals surface area contributed by atoms with Gasteiger partial charge in [0.15, 0.2) is 0 Å². The average molecular weight is 286 g/mol. The molecule has 0 radical (unpaired) electrons. The molecule has 0 spiro atoms. The summed E-state index contributed by atoms with van der Waals surface area (Å²) < 4.78 is 0. The monoisotopic (exact) mass is 286 g/mol. The normalized spacial score (nSPS) is 47.8. The van der Waals surface area contributed by atoms with Crippen LogP contribution in [-0.2, 0) is 0 Å². The first kappa shape index (κ1) is 14.1. The summed E-state index contributed by atoms with van der Waals surface area (Å²) in [5.41, 5.74) is 4.49. The Bertz CT molecular complexity index is 512. The van der Waals surface area contributed by atoms with Crippen molar-refractivity contribution < 1.29 is 5.11 Å². The fourth-order valence-electron chi connectivity index (χ4n) is 6.27. The molecule has 4 aliphatic carbocycles. The summed E-state index contributed by atoms with van der Waals surface area (Å²) in [5, 5.41) is 9.98. The maximum absolute atomic E-state index is 9.98. The molecule has 0 saturated heterocycles. The van der Waals surface area contributed by atoms with Crippen LogP contribution in [0.25, 0.3) is 0 Å². The van der Waals surface area contributed by atoms with Crippen LogP contribution in [0, 0.1) is 28.6 Å². The molecule has 0 bridgehead atoms. The zero-order valence-corrected chi connectivity index (χ0v) is 13.9. The van der Waals surface area contributed by atoms with Gasteiger partial charge in [-0.1, -0.05) is 44.1 Å². The van der Waals surface area contributed by atoms with Crippen LogP contribution < -0.4 is 0 Å². The van der Waals surface area contributed by atoms with Crippen molar-refractivity contribution in [2.75, 3.05) is 0 Å². The van der Waals surface area contributed by atoms with E-state index in [1.807, 2.05) is 11.1 Å². The summed E-state index contributed by atoms with van der Waals surface area (Å²) in [6.07, 6.45) is 13.4. The Balaban J connectivity index is 1.71. The molecule has 0 aromatic carbocycles. The second-order valence-corrected chi connectivity index (χ2v) is 8.94. The lowest BCUT2D eigenvalue weighted by Crippen LogP contribution is -2.47. The molecule has 0 amide bonds. The summed E-state index contributed by atoms with van der Waals surface area (Å²) in [5.74, 6) is 2.37. The molecule has 1 heteroatoms. The molecule has 1 N–H and O–H groups in total. The minimum atomic E-state index is -0.191. The molecular weight excluding hydrogens is 256 g/mol. The van der Waals surface area contributed by atoms with Crippen molar-refractivity contribution in [2.45, 2.75) is 71.8 Å². The lowest BCUT2D eigenvalue weighted by molar-refractivity contribution is 0.00483. The lowest BCUT2D eigenvalue weighted by atomic mass is 9.50. The highest BCUT2D eigenvalue weighted by molar-refractivity contribution is 5.34. The van der Waals surface area contributed by atoms with Gasteiger partial charge in [-0.2, -0.15) is 0 Å². The summed E-state index contributed by atoms with van der Waals surface area (Å²) in [4.78, 5) is 0. The van der Waals surface area contributed by atoms with Crippen molar-refractivity contribution in [3.63, 3.8) is 0 Å². The minimum Gasteiger partial charge on any atom is -0.389 e. The average Bonchev–Trinajstić information content (AvgIpc) is 2.76. The number of aliphatic hydroxyl groups is 1. The smallest absolute Gasteiger partial charge is 0.0724 e. The van der Waals surface area contributed by atoms with Crippen LogP contribution >= 0.6 is 0 Å². The molecule has 0 heterocycles. The van der Waals surface area contributed by atoms with E-state index in [0.717, 1.165) is 18.3 Å². The van der Waals surface area contributed by atoms with E-state index in [0.29, 0.717) is 16.7 Å². The summed E-state index contributed by atoms with van der Waals surface area (Å²) in [7, 11) is 0. The van der Waals surface area contributed by atoms with Gasteiger partial charge in [-0.05, 0) is 73.5 Å². The summed E-state index contributed by atoms with van der Waals surface area (Å²) in [6.45, 7) is 7.41. The van der Waals surface area contributed by atoms with Gasteiger partial charge in [0.05, 0.1) is 6.10 Å². The molecule has 0 aliphatic heterocycles. The van der Waals surface area contributed by atoms with Gasteiger partial charge in [-0.25, -0.2) is 0 Å². The van der Waals surface area contributed by atoms with Gasteiger partial charge in [0.1, 0.15) is 0 Å². The van der Waals surface area contributed by atoms with Crippen molar-refractivity contribution in [2.24, 2.45) is 28.6 Å². The van der Waals surface area contributed by atoms with Crippen LogP contribution in [0.15, 0.2) is 23.3 Å².